The lowest BCUT2D eigenvalue weighted by molar-refractivity contribution is 0.268. The van der Waals surface area contributed by atoms with Crippen LogP contribution in [0.15, 0.2) is 30.3 Å². The molecule has 1 aromatic rings. The fourth-order valence-electron chi connectivity index (χ4n) is 6.73. The molecule has 47 heavy (non-hydrogen) atoms. The molecule has 1 rings (SSSR count). The Labute approximate surface area is 294 Å². The number of rotatable bonds is 37. The summed E-state index contributed by atoms with van der Waals surface area (Å²) < 4.78 is 20.7. The van der Waals surface area contributed by atoms with Gasteiger partial charge in [0.25, 0.3) is 0 Å². The highest BCUT2D eigenvalue weighted by Gasteiger charge is 2.30. The number of hydrogen-bond acceptors (Lipinski definition) is 2. The zero-order valence-corrected chi connectivity index (χ0v) is 32.5. The first kappa shape index (κ1) is 44.2. The van der Waals surface area contributed by atoms with Crippen molar-refractivity contribution < 1.29 is 14.0 Å². The Kier molecular flexibility index (Phi) is 31.6. The number of hydrogen-bond donors (Lipinski definition) is 1. The van der Waals surface area contributed by atoms with Crippen LogP contribution in [-0.2, 0) is 4.57 Å². The second-order valence-corrected chi connectivity index (χ2v) is 16.2. The van der Waals surface area contributed by atoms with Crippen molar-refractivity contribution in [3.8, 4) is 5.75 Å². The minimum absolute atomic E-state index is 0.474. The molecule has 0 bridgehead atoms. The highest BCUT2D eigenvalue weighted by Crippen LogP contribution is 2.47. The molecule has 0 aromatic heterocycles. The van der Waals surface area contributed by atoms with Crippen molar-refractivity contribution in [3.63, 3.8) is 0 Å². The Hall–Kier alpha value is -0.830. The summed E-state index contributed by atoms with van der Waals surface area (Å²) >= 11 is 0. The van der Waals surface area contributed by atoms with E-state index in [1.165, 1.54) is 180 Å². The smallest absolute Gasteiger partial charge is 0.413 e. The fraction of sp³-hybridized carbons (Fsp3) is 0.857. The first-order chi connectivity index (χ1) is 23.1. The normalized spacial score (nSPS) is 12.9. The molecular formula is C42H80NO3P. The summed E-state index contributed by atoms with van der Waals surface area (Å²) in [4.78, 5) is 10.9. The molecule has 1 aromatic carbocycles. The van der Waals surface area contributed by atoms with Gasteiger partial charge in [-0.25, -0.2) is 4.57 Å². The molecule has 0 saturated heterocycles. The average Bonchev–Trinajstić information content (AvgIpc) is 3.07. The Morgan fingerprint density at radius 1 is 0.447 bits per heavy atom. The second kappa shape index (κ2) is 33.7. The first-order valence-electron chi connectivity index (χ1n) is 20.9. The summed E-state index contributed by atoms with van der Waals surface area (Å²) in [5.74, 6) is 0.474. The van der Waals surface area contributed by atoms with Crippen LogP contribution in [0.25, 0.3) is 0 Å². The lowest BCUT2D eigenvalue weighted by Gasteiger charge is -2.26. The fourth-order valence-corrected chi connectivity index (χ4v) is 8.03. The quantitative estimate of drug-likeness (QED) is 0.0562. The van der Waals surface area contributed by atoms with E-state index in [0.29, 0.717) is 18.8 Å². The summed E-state index contributed by atoms with van der Waals surface area (Å²) in [6.45, 7) is 5.85. The zero-order chi connectivity index (χ0) is 33.9. The molecule has 0 amide bonds. The molecule has 0 radical (unpaired) electrons. The van der Waals surface area contributed by atoms with E-state index in [9.17, 15) is 9.46 Å². The summed E-state index contributed by atoms with van der Waals surface area (Å²) in [7, 11) is -3.87. The predicted molar refractivity (Wildman–Crippen MR) is 208 cm³/mol. The lowest BCUT2D eigenvalue weighted by Crippen LogP contribution is -2.25. The summed E-state index contributed by atoms with van der Waals surface area (Å²) in [6.07, 6.45) is 42.7. The van der Waals surface area contributed by atoms with E-state index in [-0.39, 0.29) is 0 Å². The van der Waals surface area contributed by atoms with Gasteiger partial charge in [0.05, 0.1) is 0 Å². The van der Waals surface area contributed by atoms with Crippen molar-refractivity contribution in [1.29, 1.82) is 0 Å². The second-order valence-electron chi connectivity index (χ2n) is 14.5. The Morgan fingerprint density at radius 3 is 0.979 bits per heavy atom. The molecule has 0 aliphatic rings. The topological polar surface area (TPSA) is 49.8 Å². The van der Waals surface area contributed by atoms with Crippen molar-refractivity contribution in [2.24, 2.45) is 0 Å². The van der Waals surface area contributed by atoms with Gasteiger partial charge in [-0.1, -0.05) is 225 Å². The van der Waals surface area contributed by atoms with Gasteiger partial charge in [0.2, 0.25) is 0 Å². The number of benzene rings is 1. The van der Waals surface area contributed by atoms with Gasteiger partial charge in [-0.05, 0) is 25.0 Å². The maximum Gasteiger partial charge on any atom is 0.458 e. The highest BCUT2D eigenvalue weighted by atomic mass is 31.2. The van der Waals surface area contributed by atoms with Crippen LogP contribution in [0.1, 0.15) is 219 Å². The molecule has 0 saturated carbocycles. The number of para-hydroxylation sites is 1. The molecule has 0 aliphatic carbocycles. The average molecular weight is 678 g/mol. The maximum atomic E-state index is 13.3. The number of nitrogens with zero attached hydrogens (tertiary/aromatic N) is 1. The Balaban J connectivity index is 2.14. The Bertz CT molecular complexity index is 768. The third-order valence-electron chi connectivity index (χ3n) is 9.86. The van der Waals surface area contributed by atoms with Crippen LogP contribution in [0.4, 0.5) is 0 Å². The summed E-state index contributed by atoms with van der Waals surface area (Å²) in [5, 5.41) is 0. The van der Waals surface area contributed by atoms with Gasteiger partial charge < -0.3 is 9.42 Å². The minimum Gasteiger partial charge on any atom is -0.413 e. The van der Waals surface area contributed by atoms with Crippen LogP contribution < -0.4 is 4.52 Å². The summed E-state index contributed by atoms with van der Waals surface area (Å²) in [6, 6.07) is 9.14. The molecular weight excluding hydrogens is 597 g/mol. The van der Waals surface area contributed by atoms with Crippen molar-refractivity contribution in [2.45, 2.75) is 219 Å². The van der Waals surface area contributed by atoms with Crippen LogP contribution in [0.3, 0.4) is 0 Å². The minimum atomic E-state index is -3.87. The zero-order valence-electron chi connectivity index (χ0n) is 31.6. The van der Waals surface area contributed by atoms with Crippen LogP contribution in [-0.4, -0.2) is 22.7 Å². The molecule has 0 fully saturated rings. The van der Waals surface area contributed by atoms with Gasteiger partial charge >= 0.3 is 7.75 Å². The lowest BCUT2D eigenvalue weighted by atomic mass is 10.0. The van der Waals surface area contributed by atoms with Gasteiger partial charge in [0.15, 0.2) is 0 Å². The molecule has 1 unspecified atom stereocenters. The molecule has 5 heteroatoms. The molecule has 0 spiro atoms. The molecule has 1 N–H and O–H groups in total. The maximum absolute atomic E-state index is 13.3. The third kappa shape index (κ3) is 28.7. The predicted octanol–water partition coefficient (Wildman–Crippen LogP) is 15.0. The Morgan fingerprint density at radius 2 is 0.702 bits per heavy atom. The standard InChI is InChI=1S/C42H80NO3P/c1-3-5-7-9-11-13-15-17-19-21-23-25-27-29-31-36-40-43(47(44,45)46-42-38-34-33-35-39-42)41-37-32-30-28-26-24-22-20-18-16-14-12-10-8-6-4-2/h33-35,38-39H,3-32,36-37,40-41H2,1-2H3,(H,44,45). The van der Waals surface area contributed by atoms with Crippen LogP contribution >= 0.6 is 7.75 Å². The van der Waals surface area contributed by atoms with Gasteiger partial charge in [-0.3, -0.25) is 0 Å². The van der Waals surface area contributed by atoms with E-state index in [4.69, 9.17) is 4.52 Å². The SMILES string of the molecule is CCCCCCCCCCCCCCCCCCN(CCCCCCCCCCCCCCCCCC)P(=O)(O)Oc1ccccc1. The van der Waals surface area contributed by atoms with Gasteiger partial charge in [-0.15, -0.1) is 0 Å². The van der Waals surface area contributed by atoms with E-state index in [2.05, 4.69) is 13.8 Å². The molecule has 0 aliphatic heterocycles. The molecule has 0 heterocycles. The van der Waals surface area contributed by atoms with E-state index in [0.717, 1.165) is 25.7 Å². The summed E-state index contributed by atoms with van der Waals surface area (Å²) in [5.41, 5.74) is 0. The van der Waals surface area contributed by atoms with Crippen molar-refractivity contribution in [3.05, 3.63) is 30.3 Å². The van der Waals surface area contributed by atoms with Crippen molar-refractivity contribution in [2.75, 3.05) is 13.1 Å². The largest absolute Gasteiger partial charge is 0.458 e. The highest BCUT2D eigenvalue weighted by molar-refractivity contribution is 7.50. The molecule has 276 valence electrons. The van der Waals surface area contributed by atoms with E-state index < -0.39 is 7.75 Å². The van der Waals surface area contributed by atoms with E-state index >= 15 is 0 Å². The monoisotopic (exact) mass is 678 g/mol. The van der Waals surface area contributed by atoms with E-state index in [1.54, 1.807) is 16.8 Å². The van der Waals surface area contributed by atoms with Crippen molar-refractivity contribution in [1.82, 2.24) is 4.67 Å². The van der Waals surface area contributed by atoms with Gasteiger partial charge in [0.1, 0.15) is 5.75 Å². The van der Waals surface area contributed by atoms with Gasteiger partial charge in [0, 0.05) is 13.1 Å². The van der Waals surface area contributed by atoms with Crippen LogP contribution in [0.2, 0.25) is 0 Å². The third-order valence-corrected chi connectivity index (χ3v) is 11.4. The van der Waals surface area contributed by atoms with Crippen LogP contribution in [0.5, 0.6) is 5.75 Å². The van der Waals surface area contributed by atoms with Crippen LogP contribution in [0, 0.1) is 0 Å². The van der Waals surface area contributed by atoms with E-state index in [1.807, 2.05) is 18.2 Å². The molecule has 4 nitrogen and oxygen atoms in total. The molecule has 1 atom stereocenters. The first-order valence-corrected chi connectivity index (χ1v) is 22.5. The number of unbranched alkanes of at least 4 members (excludes halogenated alkanes) is 30. The van der Waals surface area contributed by atoms with Gasteiger partial charge in [-0.2, -0.15) is 4.67 Å². The van der Waals surface area contributed by atoms with Crippen molar-refractivity contribution >= 4 is 7.75 Å².